The van der Waals surface area contributed by atoms with Crippen molar-refractivity contribution in [2.75, 3.05) is 12.3 Å². The monoisotopic (exact) mass is 303 g/mol. The van der Waals surface area contributed by atoms with Gasteiger partial charge in [-0.15, -0.1) is 0 Å². The first kappa shape index (κ1) is 13.4. The highest BCUT2D eigenvalue weighted by Gasteiger charge is 2.49. The number of aliphatic hydroxyl groups is 2. The van der Waals surface area contributed by atoms with E-state index in [0.717, 1.165) is 10.9 Å². The van der Waals surface area contributed by atoms with Crippen LogP contribution in [0.4, 0.5) is 10.2 Å². The van der Waals surface area contributed by atoms with Crippen molar-refractivity contribution in [3.05, 3.63) is 11.6 Å². The molecule has 0 saturated carbocycles. The van der Waals surface area contributed by atoms with Gasteiger partial charge in [0, 0.05) is 0 Å². The zero-order chi connectivity index (χ0) is 14.5. The van der Waals surface area contributed by atoms with E-state index >= 15 is 0 Å². The van der Waals surface area contributed by atoms with Crippen LogP contribution in [0.15, 0.2) is 6.33 Å². The van der Waals surface area contributed by atoms with Gasteiger partial charge in [0.1, 0.15) is 17.9 Å². The number of fused-ring (bicyclic) bond motifs is 1. The minimum absolute atomic E-state index is 0.0135. The molecule has 2 aromatic rings. The van der Waals surface area contributed by atoms with Crippen molar-refractivity contribution in [2.45, 2.75) is 24.6 Å². The highest BCUT2D eigenvalue weighted by atomic mass is 35.5. The summed E-state index contributed by atoms with van der Waals surface area (Å²) in [6, 6.07) is 0. The Balaban J connectivity index is 2.11. The molecule has 1 fully saturated rings. The molecule has 0 unspecified atom stereocenters. The lowest BCUT2D eigenvalue weighted by atomic mass is 10.2. The first-order valence-electron chi connectivity index (χ1n) is 5.77. The molecule has 20 heavy (non-hydrogen) atoms. The molecule has 0 radical (unpaired) electrons. The van der Waals surface area contributed by atoms with E-state index in [1.54, 1.807) is 0 Å². The molecule has 0 aliphatic carbocycles. The standard InChI is InChI=1S/C10H11ClFN5O3/c11-9-15-7(13)6-8(16-9)17(3-14-6)10(12)1-4(19)5(2-18)20-10/h3-5,18-19H,1-2H2,(H2,13,15,16)/t4-,5+,10+/m0/s1. The van der Waals surface area contributed by atoms with Crippen molar-refractivity contribution in [2.24, 2.45) is 0 Å². The lowest BCUT2D eigenvalue weighted by Gasteiger charge is -2.21. The molecular formula is C10H11ClFN5O3. The Morgan fingerprint density at radius 2 is 2.35 bits per heavy atom. The third-order valence-corrected chi connectivity index (χ3v) is 3.33. The number of anilines is 1. The Bertz CT molecular complexity index is 668. The first-order chi connectivity index (χ1) is 9.44. The van der Waals surface area contributed by atoms with E-state index in [1.807, 2.05) is 0 Å². The second-order valence-corrected chi connectivity index (χ2v) is 4.80. The number of hydrogen-bond acceptors (Lipinski definition) is 7. The predicted molar refractivity (Wildman–Crippen MR) is 66.4 cm³/mol. The van der Waals surface area contributed by atoms with Crippen molar-refractivity contribution in [1.29, 1.82) is 0 Å². The van der Waals surface area contributed by atoms with Gasteiger partial charge in [-0.2, -0.15) is 14.4 Å². The van der Waals surface area contributed by atoms with E-state index in [1.165, 1.54) is 0 Å². The number of imidazole rings is 1. The summed E-state index contributed by atoms with van der Waals surface area (Å²) in [5.74, 6) is -2.37. The third-order valence-electron chi connectivity index (χ3n) is 3.16. The largest absolute Gasteiger partial charge is 0.394 e. The number of hydrogen-bond donors (Lipinski definition) is 3. The smallest absolute Gasteiger partial charge is 0.298 e. The van der Waals surface area contributed by atoms with Gasteiger partial charge < -0.3 is 20.7 Å². The Hall–Kier alpha value is -1.55. The van der Waals surface area contributed by atoms with Gasteiger partial charge in [0.2, 0.25) is 5.28 Å². The van der Waals surface area contributed by atoms with Gasteiger partial charge in [-0.05, 0) is 11.6 Å². The van der Waals surface area contributed by atoms with Gasteiger partial charge in [-0.3, -0.25) is 4.57 Å². The summed E-state index contributed by atoms with van der Waals surface area (Å²) in [5.41, 5.74) is 5.86. The van der Waals surface area contributed by atoms with E-state index in [9.17, 15) is 9.50 Å². The average molecular weight is 304 g/mol. The third kappa shape index (κ3) is 1.90. The Labute approximate surface area is 117 Å². The zero-order valence-corrected chi connectivity index (χ0v) is 10.8. The fourth-order valence-corrected chi connectivity index (χ4v) is 2.37. The van der Waals surface area contributed by atoms with Crippen molar-refractivity contribution in [1.82, 2.24) is 19.5 Å². The second kappa shape index (κ2) is 4.48. The molecule has 1 aliphatic rings. The molecule has 108 valence electrons. The van der Waals surface area contributed by atoms with Gasteiger partial charge in [0.05, 0.1) is 19.1 Å². The summed E-state index contributed by atoms with van der Waals surface area (Å²) >= 11 is 5.69. The van der Waals surface area contributed by atoms with Gasteiger partial charge in [0.25, 0.3) is 5.98 Å². The van der Waals surface area contributed by atoms with Crippen molar-refractivity contribution in [3.8, 4) is 0 Å². The van der Waals surface area contributed by atoms with Crippen LogP contribution >= 0.6 is 11.6 Å². The van der Waals surface area contributed by atoms with Gasteiger partial charge in [-0.1, -0.05) is 0 Å². The Morgan fingerprint density at radius 1 is 1.60 bits per heavy atom. The summed E-state index contributed by atoms with van der Waals surface area (Å²) in [5, 5.41) is 18.5. The number of halogens is 2. The lowest BCUT2D eigenvalue weighted by Crippen LogP contribution is -2.29. The van der Waals surface area contributed by atoms with Crippen LogP contribution in [0.1, 0.15) is 6.42 Å². The summed E-state index contributed by atoms with van der Waals surface area (Å²) in [7, 11) is 0. The molecule has 0 spiro atoms. The van der Waals surface area contributed by atoms with Crippen LogP contribution in [0.5, 0.6) is 0 Å². The van der Waals surface area contributed by atoms with E-state index in [0.29, 0.717) is 0 Å². The number of aromatic nitrogens is 4. The molecule has 10 heteroatoms. The van der Waals surface area contributed by atoms with Crippen LogP contribution in [0, 0.1) is 0 Å². The normalized spacial score (nSPS) is 30.2. The van der Waals surface area contributed by atoms with E-state index in [4.69, 9.17) is 27.2 Å². The van der Waals surface area contributed by atoms with Crippen LogP contribution in [0.2, 0.25) is 5.28 Å². The lowest BCUT2D eigenvalue weighted by molar-refractivity contribution is -0.200. The summed E-state index contributed by atoms with van der Waals surface area (Å²) in [4.78, 5) is 11.5. The van der Waals surface area contributed by atoms with Crippen LogP contribution < -0.4 is 5.73 Å². The van der Waals surface area contributed by atoms with Gasteiger partial charge >= 0.3 is 0 Å². The maximum atomic E-state index is 14.8. The molecule has 3 rings (SSSR count). The molecule has 1 saturated heterocycles. The maximum Gasteiger partial charge on any atom is 0.298 e. The highest BCUT2D eigenvalue weighted by Crippen LogP contribution is 2.38. The number of alkyl halides is 1. The molecule has 4 N–H and O–H groups in total. The topological polar surface area (TPSA) is 119 Å². The van der Waals surface area contributed by atoms with Crippen LogP contribution in [-0.4, -0.2) is 48.5 Å². The SMILES string of the molecule is Nc1nc(Cl)nc2c1ncn2[C@]1(F)C[C@H](O)[C@@H](CO)O1. The molecule has 1 aliphatic heterocycles. The Kier molecular flexibility index (Phi) is 3.01. The average Bonchev–Trinajstić information content (AvgIpc) is 2.91. The number of rotatable bonds is 2. The van der Waals surface area contributed by atoms with Crippen LogP contribution in [-0.2, 0) is 10.7 Å². The molecule has 0 amide bonds. The number of nitrogen functional groups attached to an aromatic ring is 1. The van der Waals surface area contributed by atoms with Crippen LogP contribution in [0.25, 0.3) is 11.2 Å². The maximum absolute atomic E-state index is 14.8. The first-order valence-corrected chi connectivity index (χ1v) is 6.14. The quantitative estimate of drug-likeness (QED) is 0.656. The fourth-order valence-electron chi connectivity index (χ4n) is 2.20. The number of nitrogens with zero attached hydrogens (tertiary/aromatic N) is 4. The highest BCUT2D eigenvalue weighted by molar-refractivity contribution is 6.28. The van der Waals surface area contributed by atoms with Crippen LogP contribution in [0.3, 0.4) is 0 Å². The predicted octanol–water partition coefficient (Wildman–Crippen LogP) is -0.216. The molecule has 3 heterocycles. The molecule has 8 nitrogen and oxygen atoms in total. The van der Waals surface area contributed by atoms with Gasteiger partial charge in [0.15, 0.2) is 11.5 Å². The minimum atomic E-state index is -2.38. The Morgan fingerprint density at radius 3 is 3.00 bits per heavy atom. The molecular weight excluding hydrogens is 293 g/mol. The van der Waals surface area contributed by atoms with Crippen molar-refractivity contribution < 1.29 is 19.3 Å². The minimum Gasteiger partial charge on any atom is -0.394 e. The molecule has 2 aromatic heterocycles. The van der Waals surface area contributed by atoms with Crippen molar-refractivity contribution in [3.63, 3.8) is 0 Å². The summed E-state index contributed by atoms with van der Waals surface area (Å²) in [6.45, 7) is -0.503. The van der Waals surface area contributed by atoms with E-state index in [2.05, 4.69) is 15.0 Å². The zero-order valence-electron chi connectivity index (χ0n) is 10.1. The van der Waals surface area contributed by atoms with Gasteiger partial charge in [-0.25, -0.2) is 4.98 Å². The van der Waals surface area contributed by atoms with E-state index < -0.39 is 24.8 Å². The molecule has 0 bridgehead atoms. The summed E-state index contributed by atoms with van der Waals surface area (Å²) < 4.78 is 20.9. The fraction of sp³-hybridized carbons (Fsp3) is 0.500. The molecule has 0 aromatic carbocycles. The summed E-state index contributed by atoms with van der Waals surface area (Å²) in [6.07, 6.45) is -1.40. The number of nitrogens with two attached hydrogens (primary N) is 1. The molecule has 3 atom stereocenters. The second-order valence-electron chi connectivity index (χ2n) is 4.46. The van der Waals surface area contributed by atoms with E-state index in [-0.39, 0.29) is 28.7 Å². The van der Waals surface area contributed by atoms with Crippen molar-refractivity contribution >= 4 is 28.6 Å². The number of ether oxygens (including phenoxy) is 1. The number of aliphatic hydroxyl groups excluding tert-OH is 2.